The molecule has 0 saturated heterocycles. The molecule has 4 nitrogen and oxygen atoms in total. The second-order valence-electron chi connectivity index (χ2n) is 4.33. The van der Waals surface area contributed by atoms with Crippen LogP contribution in [-0.2, 0) is 4.79 Å². The van der Waals surface area contributed by atoms with Crippen LogP contribution in [0.5, 0.6) is 5.75 Å². The van der Waals surface area contributed by atoms with E-state index >= 15 is 0 Å². The number of hydrogen-bond acceptors (Lipinski definition) is 3. The van der Waals surface area contributed by atoms with Crippen molar-refractivity contribution < 1.29 is 13.9 Å². The Bertz CT molecular complexity index is 599. The third-order valence-corrected chi connectivity index (χ3v) is 2.65. The van der Waals surface area contributed by atoms with Crippen molar-refractivity contribution in [3.8, 4) is 5.75 Å². The first kappa shape index (κ1) is 13.9. The number of anilines is 2. The molecule has 0 radical (unpaired) electrons. The molecule has 0 bridgehead atoms. The van der Waals surface area contributed by atoms with E-state index in [1.165, 1.54) is 24.3 Å². The van der Waals surface area contributed by atoms with Crippen molar-refractivity contribution in [3.63, 3.8) is 0 Å². The molecule has 2 aromatic carbocycles. The molecule has 0 heterocycles. The average Bonchev–Trinajstić information content (AvgIpc) is 2.41. The molecule has 5 heteroatoms. The van der Waals surface area contributed by atoms with Crippen LogP contribution in [0.3, 0.4) is 0 Å². The fourth-order valence-corrected chi connectivity index (χ4v) is 1.62. The molecule has 0 aromatic heterocycles. The number of ether oxygens (including phenoxy) is 1. The number of nitrogens with one attached hydrogen (secondary N) is 1. The molecule has 1 amide bonds. The number of carbonyl (C=O) groups is 1. The Hall–Kier alpha value is -2.56. The number of hydrogen-bond donors (Lipinski definition) is 2. The van der Waals surface area contributed by atoms with Gasteiger partial charge in [0, 0.05) is 17.4 Å². The second kappa shape index (κ2) is 6.06. The normalized spacial score (nSPS) is 11.7. The predicted octanol–water partition coefficient (Wildman–Crippen LogP) is 2.81. The summed E-state index contributed by atoms with van der Waals surface area (Å²) in [6.07, 6.45) is -0.693. The molecule has 2 aromatic rings. The number of carbonyl (C=O) groups excluding carboxylic acids is 1. The minimum atomic E-state index is -0.693. The van der Waals surface area contributed by atoms with Gasteiger partial charge in [-0.05, 0) is 43.3 Å². The molecule has 104 valence electrons. The Morgan fingerprint density at radius 3 is 2.60 bits per heavy atom. The van der Waals surface area contributed by atoms with Crippen LogP contribution in [-0.4, -0.2) is 12.0 Å². The quantitative estimate of drug-likeness (QED) is 0.843. The summed E-state index contributed by atoms with van der Waals surface area (Å²) in [4.78, 5) is 11.9. The van der Waals surface area contributed by atoms with E-state index in [1.807, 2.05) is 0 Å². The number of benzene rings is 2. The predicted molar refractivity (Wildman–Crippen MR) is 76.0 cm³/mol. The SMILES string of the molecule is CC(Oc1cccc(N)c1)C(=O)Nc1ccc(F)cc1. The molecule has 3 N–H and O–H groups in total. The van der Waals surface area contributed by atoms with E-state index < -0.39 is 6.10 Å². The fourth-order valence-electron chi connectivity index (χ4n) is 1.62. The van der Waals surface area contributed by atoms with E-state index in [0.29, 0.717) is 17.1 Å². The highest BCUT2D eigenvalue weighted by atomic mass is 19.1. The maximum Gasteiger partial charge on any atom is 0.265 e. The fraction of sp³-hybridized carbons (Fsp3) is 0.133. The Morgan fingerprint density at radius 1 is 1.25 bits per heavy atom. The van der Waals surface area contributed by atoms with Crippen LogP contribution in [0.2, 0.25) is 0 Å². The molecule has 0 saturated carbocycles. The number of rotatable bonds is 4. The number of amides is 1. The van der Waals surface area contributed by atoms with E-state index in [4.69, 9.17) is 10.5 Å². The Morgan fingerprint density at radius 2 is 1.95 bits per heavy atom. The highest BCUT2D eigenvalue weighted by molar-refractivity contribution is 5.94. The van der Waals surface area contributed by atoms with Gasteiger partial charge >= 0.3 is 0 Å². The van der Waals surface area contributed by atoms with Crippen molar-refractivity contribution in [1.82, 2.24) is 0 Å². The maximum absolute atomic E-state index is 12.8. The van der Waals surface area contributed by atoms with Crippen molar-refractivity contribution in [3.05, 3.63) is 54.3 Å². The highest BCUT2D eigenvalue weighted by Gasteiger charge is 2.14. The minimum absolute atomic E-state index is 0.320. The highest BCUT2D eigenvalue weighted by Crippen LogP contribution is 2.17. The molecule has 2 rings (SSSR count). The third-order valence-electron chi connectivity index (χ3n) is 2.65. The Labute approximate surface area is 116 Å². The zero-order valence-electron chi connectivity index (χ0n) is 11.0. The lowest BCUT2D eigenvalue weighted by Crippen LogP contribution is -2.30. The summed E-state index contributed by atoms with van der Waals surface area (Å²) in [5.74, 6) is -0.155. The summed E-state index contributed by atoms with van der Waals surface area (Å²) in [6, 6.07) is 12.4. The molecule has 0 aliphatic heterocycles. The van der Waals surface area contributed by atoms with E-state index in [2.05, 4.69) is 5.32 Å². The van der Waals surface area contributed by atoms with E-state index in [0.717, 1.165) is 0 Å². The van der Waals surface area contributed by atoms with Gasteiger partial charge in [0.2, 0.25) is 0 Å². The van der Waals surface area contributed by atoms with Gasteiger partial charge in [0.15, 0.2) is 6.10 Å². The van der Waals surface area contributed by atoms with E-state index in [-0.39, 0.29) is 11.7 Å². The van der Waals surface area contributed by atoms with Crippen LogP contribution in [0.25, 0.3) is 0 Å². The maximum atomic E-state index is 12.8. The van der Waals surface area contributed by atoms with Crippen molar-refractivity contribution in [2.45, 2.75) is 13.0 Å². The lowest BCUT2D eigenvalue weighted by molar-refractivity contribution is -0.122. The first-order valence-electron chi connectivity index (χ1n) is 6.13. The van der Waals surface area contributed by atoms with Crippen molar-refractivity contribution in [2.24, 2.45) is 0 Å². The first-order chi connectivity index (χ1) is 9.54. The first-order valence-corrected chi connectivity index (χ1v) is 6.13. The molecule has 20 heavy (non-hydrogen) atoms. The number of halogens is 1. The summed E-state index contributed by atoms with van der Waals surface area (Å²) in [6.45, 7) is 1.63. The van der Waals surface area contributed by atoms with Gasteiger partial charge in [-0.1, -0.05) is 6.07 Å². The van der Waals surface area contributed by atoms with Crippen LogP contribution in [0.1, 0.15) is 6.92 Å². The summed E-state index contributed by atoms with van der Waals surface area (Å²) in [7, 11) is 0. The Balaban J connectivity index is 1.96. The molecule has 1 atom stereocenters. The molecule has 1 unspecified atom stereocenters. The van der Waals surface area contributed by atoms with E-state index in [1.54, 1.807) is 31.2 Å². The minimum Gasteiger partial charge on any atom is -0.481 e. The van der Waals surface area contributed by atoms with Crippen LogP contribution < -0.4 is 15.8 Å². The van der Waals surface area contributed by atoms with Crippen LogP contribution in [0, 0.1) is 5.82 Å². The van der Waals surface area contributed by atoms with Gasteiger partial charge in [-0.25, -0.2) is 4.39 Å². The lowest BCUT2D eigenvalue weighted by Gasteiger charge is -2.15. The molecule has 0 aliphatic rings. The van der Waals surface area contributed by atoms with Gasteiger partial charge in [0.05, 0.1) is 0 Å². The number of nitrogens with two attached hydrogens (primary N) is 1. The van der Waals surface area contributed by atoms with Crippen LogP contribution in [0.4, 0.5) is 15.8 Å². The van der Waals surface area contributed by atoms with Gasteiger partial charge in [-0.15, -0.1) is 0 Å². The second-order valence-corrected chi connectivity index (χ2v) is 4.33. The third kappa shape index (κ3) is 3.71. The number of nitrogen functional groups attached to an aromatic ring is 1. The zero-order chi connectivity index (χ0) is 14.5. The summed E-state index contributed by atoms with van der Waals surface area (Å²) >= 11 is 0. The lowest BCUT2D eigenvalue weighted by atomic mass is 10.2. The zero-order valence-corrected chi connectivity index (χ0v) is 11.0. The molecular formula is C15H15FN2O2. The van der Waals surface area contributed by atoms with Crippen LogP contribution >= 0.6 is 0 Å². The molecular weight excluding hydrogens is 259 g/mol. The van der Waals surface area contributed by atoms with E-state index in [9.17, 15) is 9.18 Å². The van der Waals surface area contributed by atoms with Gasteiger partial charge in [0.25, 0.3) is 5.91 Å². The van der Waals surface area contributed by atoms with Crippen LogP contribution in [0.15, 0.2) is 48.5 Å². The molecule has 0 fully saturated rings. The summed E-state index contributed by atoms with van der Waals surface area (Å²) < 4.78 is 18.2. The topological polar surface area (TPSA) is 64.3 Å². The smallest absolute Gasteiger partial charge is 0.265 e. The Kier molecular flexibility index (Phi) is 4.20. The van der Waals surface area contributed by atoms with Crippen molar-refractivity contribution in [2.75, 3.05) is 11.1 Å². The standard InChI is InChI=1S/C15H15FN2O2/c1-10(20-14-4-2-3-12(17)9-14)15(19)18-13-7-5-11(16)6-8-13/h2-10H,17H2,1H3,(H,18,19). The van der Waals surface area contributed by atoms with Gasteiger partial charge < -0.3 is 15.8 Å². The molecule has 0 spiro atoms. The summed E-state index contributed by atoms with van der Waals surface area (Å²) in [5, 5.41) is 2.64. The van der Waals surface area contributed by atoms with Gasteiger partial charge in [-0.3, -0.25) is 4.79 Å². The molecule has 0 aliphatic carbocycles. The average molecular weight is 274 g/mol. The van der Waals surface area contributed by atoms with Gasteiger partial charge in [-0.2, -0.15) is 0 Å². The largest absolute Gasteiger partial charge is 0.481 e. The van der Waals surface area contributed by atoms with Crippen molar-refractivity contribution in [1.29, 1.82) is 0 Å². The van der Waals surface area contributed by atoms with Crippen molar-refractivity contribution >= 4 is 17.3 Å². The van der Waals surface area contributed by atoms with Gasteiger partial charge in [0.1, 0.15) is 11.6 Å². The monoisotopic (exact) mass is 274 g/mol. The summed E-state index contributed by atoms with van der Waals surface area (Å²) in [5.41, 5.74) is 6.71.